The van der Waals surface area contributed by atoms with Gasteiger partial charge in [0.1, 0.15) is 11.8 Å². The highest BCUT2D eigenvalue weighted by molar-refractivity contribution is 5.81. The molecule has 2 heterocycles. The molecule has 2 aromatic heterocycles. The average Bonchev–Trinajstić information content (AvgIpc) is 3.17. The van der Waals surface area contributed by atoms with Gasteiger partial charge in [0, 0.05) is 6.61 Å². The summed E-state index contributed by atoms with van der Waals surface area (Å²) < 4.78 is 7.43. The van der Waals surface area contributed by atoms with Crippen molar-refractivity contribution in [2.75, 3.05) is 18.9 Å². The lowest BCUT2D eigenvalue weighted by Gasteiger charge is -2.12. The maximum absolute atomic E-state index is 10.2. The fraction of sp³-hybridized carbons (Fsp3) is 0.792. The van der Waals surface area contributed by atoms with Gasteiger partial charge in [-0.15, -0.1) is 0 Å². The molecule has 2 rings (SSSR count). The van der Waals surface area contributed by atoms with Gasteiger partial charge >= 0.3 is 0 Å². The minimum Gasteiger partial charge on any atom is -0.389 e. The molecule has 7 nitrogen and oxygen atoms in total. The number of unbranched alkanes of at least 4 members (excludes halogenated alkanes) is 13. The first kappa shape index (κ1) is 25.5. The van der Waals surface area contributed by atoms with Gasteiger partial charge in [-0.1, -0.05) is 90.4 Å². The molecule has 0 spiro atoms. The van der Waals surface area contributed by atoms with E-state index in [1.807, 2.05) is 0 Å². The van der Waals surface area contributed by atoms with Crippen LogP contribution < -0.4 is 5.73 Å². The topological polar surface area (TPSA) is 99.1 Å². The third-order valence-corrected chi connectivity index (χ3v) is 5.79. The van der Waals surface area contributed by atoms with Crippen molar-refractivity contribution in [2.45, 2.75) is 109 Å². The molecule has 7 heteroatoms. The smallest absolute Gasteiger partial charge is 0.165 e. The van der Waals surface area contributed by atoms with Crippen LogP contribution in [0.4, 0.5) is 5.82 Å². The van der Waals surface area contributed by atoms with Crippen LogP contribution in [0.2, 0.25) is 0 Å². The molecule has 0 aromatic carbocycles. The summed E-state index contributed by atoms with van der Waals surface area (Å²) in [7, 11) is 0. The zero-order valence-electron chi connectivity index (χ0n) is 19.5. The number of fused-ring (bicyclic) bond motifs is 1. The summed E-state index contributed by atoms with van der Waals surface area (Å²) >= 11 is 0. The van der Waals surface area contributed by atoms with Crippen LogP contribution in [0.3, 0.4) is 0 Å². The highest BCUT2D eigenvalue weighted by atomic mass is 16.5. The van der Waals surface area contributed by atoms with Gasteiger partial charge < -0.3 is 20.1 Å². The van der Waals surface area contributed by atoms with Crippen molar-refractivity contribution in [1.82, 2.24) is 19.5 Å². The molecule has 176 valence electrons. The van der Waals surface area contributed by atoms with Crippen LogP contribution in [-0.2, 0) is 11.3 Å². The van der Waals surface area contributed by atoms with Gasteiger partial charge in [-0.05, 0) is 6.42 Å². The van der Waals surface area contributed by atoms with Crippen molar-refractivity contribution in [2.24, 2.45) is 0 Å². The van der Waals surface area contributed by atoms with E-state index in [0.29, 0.717) is 36.7 Å². The summed E-state index contributed by atoms with van der Waals surface area (Å²) in [4.78, 5) is 12.3. The van der Waals surface area contributed by atoms with Crippen LogP contribution in [0, 0.1) is 0 Å². The van der Waals surface area contributed by atoms with E-state index in [-0.39, 0.29) is 0 Å². The molecule has 31 heavy (non-hydrogen) atoms. The van der Waals surface area contributed by atoms with Crippen molar-refractivity contribution in [3.8, 4) is 0 Å². The summed E-state index contributed by atoms with van der Waals surface area (Å²) in [6.07, 6.45) is 21.3. The predicted octanol–water partition coefficient (Wildman–Crippen LogP) is 5.27. The van der Waals surface area contributed by atoms with Crippen LogP contribution in [0.25, 0.3) is 11.2 Å². The largest absolute Gasteiger partial charge is 0.389 e. The number of hydrogen-bond donors (Lipinski definition) is 2. The van der Waals surface area contributed by atoms with Crippen molar-refractivity contribution >= 4 is 17.0 Å². The summed E-state index contributed by atoms with van der Waals surface area (Å²) in [5, 5.41) is 10.2. The molecule has 0 radical (unpaired) electrons. The first-order chi connectivity index (χ1) is 15.2. The van der Waals surface area contributed by atoms with Crippen molar-refractivity contribution in [3.05, 3.63) is 12.7 Å². The molecule has 0 aliphatic heterocycles. The van der Waals surface area contributed by atoms with Crippen LogP contribution in [0.1, 0.15) is 96.8 Å². The minimum atomic E-state index is -0.597. The Morgan fingerprint density at radius 1 is 0.871 bits per heavy atom. The number of nitrogens with two attached hydrogens (primary N) is 1. The molecule has 3 N–H and O–H groups in total. The number of rotatable bonds is 19. The Morgan fingerprint density at radius 2 is 1.45 bits per heavy atom. The number of aliphatic hydroxyl groups excluding tert-OH is 1. The number of imidazole rings is 1. The third-order valence-electron chi connectivity index (χ3n) is 5.79. The van der Waals surface area contributed by atoms with E-state index < -0.39 is 6.10 Å². The maximum atomic E-state index is 10.2. The number of aliphatic hydroxyl groups is 1. The number of nitrogen functional groups attached to an aromatic ring is 1. The standard InChI is InChI=1S/C24H43N5O2/c1-2-3-4-5-6-7-8-9-10-11-12-13-14-15-16-31-18-21(30)17-29-20-28-22-23(25)26-19-27-24(22)29/h19-21,30H,2-18H2,1H3,(H2,25,26,27). The molecule has 2 aromatic rings. The number of hydrogen-bond acceptors (Lipinski definition) is 6. The Balaban J connectivity index is 1.38. The monoisotopic (exact) mass is 433 g/mol. The molecular weight excluding hydrogens is 390 g/mol. The first-order valence-electron chi connectivity index (χ1n) is 12.4. The number of nitrogens with zero attached hydrogens (tertiary/aromatic N) is 4. The molecule has 0 amide bonds. The lowest BCUT2D eigenvalue weighted by molar-refractivity contribution is 0.0271. The minimum absolute atomic E-state index is 0.318. The van der Waals surface area contributed by atoms with Crippen LogP contribution in [0.15, 0.2) is 12.7 Å². The maximum Gasteiger partial charge on any atom is 0.165 e. The second-order valence-electron chi connectivity index (χ2n) is 8.65. The molecule has 0 saturated heterocycles. The molecule has 0 bridgehead atoms. The summed E-state index contributed by atoms with van der Waals surface area (Å²) in [5.41, 5.74) is 6.99. The molecule has 0 saturated carbocycles. The van der Waals surface area contributed by atoms with E-state index in [9.17, 15) is 5.11 Å². The summed E-state index contributed by atoms with van der Waals surface area (Å²) in [6.45, 7) is 3.68. The fourth-order valence-electron chi connectivity index (χ4n) is 3.93. The summed E-state index contributed by atoms with van der Waals surface area (Å²) in [6, 6.07) is 0. The van der Waals surface area contributed by atoms with E-state index >= 15 is 0 Å². The lowest BCUT2D eigenvalue weighted by Crippen LogP contribution is -2.22. The zero-order chi connectivity index (χ0) is 22.2. The summed E-state index contributed by atoms with van der Waals surface area (Å²) in [5.74, 6) is 0.354. The lowest BCUT2D eigenvalue weighted by atomic mass is 10.0. The Labute approximate surface area is 187 Å². The Hall–Kier alpha value is -1.73. The van der Waals surface area contributed by atoms with Crippen LogP contribution >= 0.6 is 0 Å². The van der Waals surface area contributed by atoms with Gasteiger partial charge in [-0.2, -0.15) is 0 Å². The second-order valence-corrected chi connectivity index (χ2v) is 8.65. The van der Waals surface area contributed by atoms with Gasteiger partial charge in [0.2, 0.25) is 0 Å². The van der Waals surface area contributed by atoms with E-state index in [1.165, 1.54) is 89.8 Å². The van der Waals surface area contributed by atoms with E-state index in [1.54, 1.807) is 10.9 Å². The highest BCUT2D eigenvalue weighted by Gasteiger charge is 2.11. The van der Waals surface area contributed by atoms with Gasteiger partial charge in [-0.25, -0.2) is 15.0 Å². The Bertz CT molecular complexity index is 706. The quantitative estimate of drug-likeness (QED) is 0.293. The van der Waals surface area contributed by atoms with Crippen molar-refractivity contribution < 1.29 is 9.84 Å². The highest BCUT2D eigenvalue weighted by Crippen LogP contribution is 2.15. The molecule has 1 atom stereocenters. The number of ether oxygens (including phenoxy) is 1. The number of aromatic nitrogens is 4. The van der Waals surface area contributed by atoms with Crippen molar-refractivity contribution in [3.63, 3.8) is 0 Å². The van der Waals surface area contributed by atoms with Gasteiger partial charge in [0.15, 0.2) is 11.5 Å². The average molecular weight is 434 g/mol. The molecule has 0 aliphatic rings. The molecule has 0 fully saturated rings. The van der Waals surface area contributed by atoms with Gasteiger partial charge in [-0.3, -0.25) is 0 Å². The van der Waals surface area contributed by atoms with Crippen LogP contribution in [0.5, 0.6) is 0 Å². The Morgan fingerprint density at radius 3 is 2.06 bits per heavy atom. The molecule has 0 aliphatic carbocycles. The van der Waals surface area contributed by atoms with Gasteiger partial charge in [0.05, 0.1) is 25.6 Å². The van der Waals surface area contributed by atoms with Crippen molar-refractivity contribution in [1.29, 1.82) is 0 Å². The fourth-order valence-corrected chi connectivity index (χ4v) is 3.93. The second kappa shape index (κ2) is 16.0. The zero-order valence-corrected chi connectivity index (χ0v) is 19.5. The Kier molecular flexibility index (Phi) is 13.2. The SMILES string of the molecule is CCCCCCCCCCCCCCCCOCC(O)Cn1cnc2c(N)ncnc21. The van der Waals surface area contributed by atoms with E-state index in [2.05, 4.69) is 21.9 Å². The molecule has 1 unspecified atom stereocenters. The van der Waals surface area contributed by atoms with E-state index in [4.69, 9.17) is 10.5 Å². The number of anilines is 1. The first-order valence-corrected chi connectivity index (χ1v) is 12.4. The van der Waals surface area contributed by atoms with E-state index in [0.717, 1.165) is 6.42 Å². The third kappa shape index (κ3) is 10.4. The van der Waals surface area contributed by atoms with Gasteiger partial charge in [0.25, 0.3) is 0 Å². The molecular formula is C24H43N5O2. The predicted molar refractivity (Wildman–Crippen MR) is 127 cm³/mol. The normalized spacial score (nSPS) is 12.6. The van der Waals surface area contributed by atoms with Crippen LogP contribution in [-0.4, -0.2) is 43.9 Å².